The highest BCUT2D eigenvalue weighted by atomic mass is 35.5. The summed E-state index contributed by atoms with van der Waals surface area (Å²) in [4.78, 5) is 2.11. The molecule has 0 amide bonds. The van der Waals surface area contributed by atoms with E-state index in [-0.39, 0.29) is 0 Å². The maximum atomic E-state index is 10.4. The quantitative estimate of drug-likeness (QED) is 0.455. The summed E-state index contributed by atoms with van der Waals surface area (Å²) in [5, 5.41) is 49.7. The topological polar surface area (TPSA) is 114 Å². The van der Waals surface area contributed by atoms with Crippen molar-refractivity contribution in [2.75, 3.05) is 6.61 Å². The maximum absolute atomic E-state index is 10.4. The molecule has 1 aliphatic rings. The molecule has 166 valence electrons. The van der Waals surface area contributed by atoms with E-state index in [2.05, 4.69) is 6.07 Å². The Bertz CT molecular complexity index is 1140. The van der Waals surface area contributed by atoms with Crippen molar-refractivity contribution in [1.82, 2.24) is 0 Å². The lowest BCUT2D eigenvalue weighted by Crippen LogP contribution is -2.55. The van der Waals surface area contributed by atoms with Gasteiger partial charge in [0.1, 0.15) is 30.5 Å². The Labute approximate surface area is 194 Å². The number of nitrogens with zero attached hydrogens (tertiary/aromatic N) is 1. The number of hydrogen-bond donors (Lipinski definition) is 4. The lowest BCUT2D eigenvalue weighted by molar-refractivity contribution is -0.231. The number of benzene rings is 2. The Kier molecular flexibility index (Phi) is 6.93. The minimum atomic E-state index is -1.44. The number of hydrogen-bond acceptors (Lipinski definition) is 7. The highest BCUT2D eigenvalue weighted by Crippen LogP contribution is 2.36. The zero-order valence-electron chi connectivity index (χ0n) is 16.9. The second-order valence-electron chi connectivity index (χ2n) is 7.74. The maximum Gasteiger partial charge on any atom is 0.113 e. The van der Waals surface area contributed by atoms with Crippen LogP contribution in [0.3, 0.4) is 0 Å². The average molecular weight is 472 g/mol. The molecule has 0 unspecified atom stereocenters. The first-order valence-corrected chi connectivity index (χ1v) is 11.3. The van der Waals surface area contributed by atoms with Gasteiger partial charge < -0.3 is 25.2 Å². The molecular weight excluding hydrogens is 450 g/mol. The molecular formula is C24H22ClNO5S. The summed E-state index contributed by atoms with van der Waals surface area (Å²) in [5.41, 5.74) is 2.99. The first-order valence-electron chi connectivity index (χ1n) is 10.1. The van der Waals surface area contributed by atoms with Gasteiger partial charge in [-0.25, -0.2) is 0 Å². The number of aliphatic hydroxyl groups is 4. The third kappa shape index (κ3) is 4.58. The van der Waals surface area contributed by atoms with Crippen LogP contribution in [0.2, 0.25) is 5.02 Å². The minimum absolute atomic E-state index is 0.479. The third-order valence-electron chi connectivity index (χ3n) is 5.59. The van der Waals surface area contributed by atoms with Gasteiger partial charge in [0.25, 0.3) is 0 Å². The Morgan fingerprint density at radius 3 is 2.56 bits per heavy atom. The predicted octanol–water partition coefficient (Wildman–Crippen LogP) is 3.05. The fourth-order valence-corrected chi connectivity index (χ4v) is 5.05. The predicted molar refractivity (Wildman–Crippen MR) is 121 cm³/mol. The Morgan fingerprint density at radius 1 is 1.00 bits per heavy atom. The van der Waals surface area contributed by atoms with Crippen LogP contribution in [-0.2, 0) is 11.2 Å². The Balaban J connectivity index is 1.58. The number of halogens is 1. The SMILES string of the molecule is N#Cc1cccc(-c2ccc(Cc3cc([C@@H]4O[C@H](CO)[C@@H](O)[C@H](O)[C@H]4O)ccc3Cl)s2)c1. The largest absolute Gasteiger partial charge is 0.394 e. The van der Waals surface area contributed by atoms with Crippen molar-refractivity contribution < 1.29 is 25.2 Å². The summed E-state index contributed by atoms with van der Waals surface area (Å²) in [6, 6.07) is 18.8. The smallest absolute Gasteiger partial charge is 0.113 e. The van der Waals surface area contributed by atoms with E-state index >= 15 is 0 Å². The van der Waals surface area contributed by atoms with E-state index < -0.39 is 37.1 Å². The van der Waals surface area contributed by atoms with Gasteiger partial charge in [-0.1, -0.05) is 35.9 Å². The van der Waals surface area contributed by atoms with E-state index in [0.717, 1.165) is 20.9 Å². The molecule has 1 fully saturated rings. The fraction of sp³-hybridized carbons (Fsp3) is 0.292. The molecule has 3 aromatic rings. The summed E-state index contributed by atoms with van der Waals surface area (Å²) >= 11 is 8.03. The van der Waals surface area contributed by atoms with Crippen LogP contribution >= 0.6 is 22.9 Å². The van der Waals surface area contributed by atoms with E-state index in [9.17, 15) is 20.4 Å². The van der Waals surface area contributed by atoms with E-state index in [0.29, 0.717) is 22.6 Å². The first kappa shape index (κ1) is 22.9. The van der Waals surface area contributed by atoms with Crippen molar-refractivity contribution in [2.24, 2.45) is 0 Å². The zero-order chi connectivity index (χ0) is 22.8. The zero-order valence-corrected chi connectivity index (χ0v) is 18.5. The van der Waals surface area contributed by atoms with Crippen LogP contribution in [0.4, 0.5) is 0 Å². The number of ether oxygens (including phenoxy) is 1. The second kappa shape index (κ2) is 9.69. The van der Waals surface area contributed by atoms with Crippen LogP contribution in [0.15, 0.2) is 54.6 Å². The van der Waals surface area contributed by atoms with Gasteiger partial charge >= 0.3 is 0 Å². The van der Waals surface area contributed by atoms with E-state index in [1.54, 1.807) is 29.5 Å². The van der Waals surface area contributed by atoms with Gasteiger partial charge in [0.2, 0.25) is 0 Å². The van der Waals surface area contributed by atoms with Crippen molar-refractivity contribution in [2.45, 2.75) is 36.9 Å². The van der Waals surface area contributed by atoms with Gasteiger partial charge in [0.05, 0.1) is 18.2 Å². The summed E-state index contributed by atoms with van der Waals surface area (Å²) in [6.07, 6.45) is -5.51. The molecule has 8 heteroatoms. The lowest BCUT2D eigenvalue weighted by atomic mass is 9.90. The summed E-state index contributed by atoms with van der Waals surface area (Å²) in [5.74, 6) is 0. The van der Waals surface area contributed by atoms with Gasteiger partial charge in [0.15, 0.2) is 0 Å². The van der Waals surface area contributed by atoms with Crippen LogP contribution < -0.4 is 0 Å². The molecule has 0 radical (unpaired) electrons. The summed E-state index contributed by atoms with van der Waals surface area (Å²) in [6.45, 7) is -0.479. The van der Waals surface area contributed by atoms with Crippen LogP contribution in [0.5, 0.6) is 0 Å². The molecule has 4 N–H and O–H groups in total. The van der Waals surface area contributed by atoms with E-state index in [1.807, 2.05) is 36.4 Å². The summed E-state index contributed by atoms with van der Waals surface area (Å²) < 4.78 is 5.67. The molecule has 2 heterocycles. The molecule has 1 saturated heterocycles. The molecule has 4 rings (SSSR count). The van der Waals surface area contributed by atoms with Gasteiger partial charge in [-0.3, -0.25) is 0 Å². The van der Waals surface area contributed by atoms with Crippen LogP contribution in [0.25, 0.3) is 10.4 Å². The number of nitriles is 1. The molecule has 0 saturated carbocycles. The van der Waals surface area contributed by atoms with Crippen molar-refractivity contribution >= 4 is 22.9 Å². The highest BCUT2D eigenvalue weighted by molar-refractivity contribution is 7.15. The van der Waals surface area contributed by atoms with Crippen LogP contribution in [0.1, 0.15) is 27.7 Å². The van der Waals surface area contributed by atoms with Crippen LogP contribution in [0, 0.1) is 11.3 Å². The van der Waals surface area contributed by atoms with Crippen molar-refractivity contribution in [1.29, 1.82) is 5.26 Å². The van der Waals surface area contributed by atoms with Crippen molar-refractivity contribution in [3.05, 3.63) is 81.2 Å². The molecule has 0 bridgehead atoms. The fourth-order valence-electron chi connectivity index (χ4n) is 3.84. The lowest BCUT2D eigenvalue weighted by Gasteiger charge is -2.40. The standard InChI is InChI=1S/C24H22ClNO5S/c25-18-6-4-15(24-23(30)22(29)21(28)19(12-27)31-24)9-16(18)10-17-5-7-20(32-17)14-3-1-2-13(8-14)11-26/h1-9,19,21-24,27-30H,10,12H2/t19-,21-,22+,23-,24+/m1/s1. The second-order valence-corrected chi connectivity index (χ2v) is 9.31. The van der Waals surface area contributed by atoms with Crippen molar-refractivity contribution in [3.8, 4) is 16.5 Å². The summed E-state index contributed by atoms with van der Waals surface area (Å²) in [7, 11) is 0. The van der Waals surface area contributed by atoms with Gasteiger partial charge in [-0.05, 0) is 47.0 Å². The van der Waals surface area contributed by atoms with Crippen molar-refractivity contribution in [3.63, 3.8) is 0 Å². The monoisotopic (exact) mass is 471 g/mol. The van der Waals surface area contributed by atoms with Gasteiger partial charge in [-0.2, -0.15) is 5.26 Å². The van der Waals surface area contributed by atoms with Crippen LogP contribution in [-0.4, -0.2) is 51.4 Å². The first-order chi connectivity index (χ1) is 15.4. The molecule has 0 spiro atoms. The molecule has 0 aliphatic carbocycles. The Morgan fingerprint density at radius 2 is 1.81 bits per heavy atom. The molecule has 5 atom stereocenters. The normalized spacial score (nSPS) is 25.4. The highest BCUT2D eigenvalue weighted by Gasteiger charge is 2.44. The molecule has 1 aromatic heterocycles. The minimum Gasteiger partial charge on any atom is -0.394 e. The Hall–Kier alpha value is -2.28. The van der Waals surface area contributed by atoms with Gasteiger partial charge in [0, 0.05) is 21.2 Å². The number of aliphatic hydroxyl groups excluding tert-OH is 4. The number of rotatable bonds is 5. The molecule has 32 heavy (non-hydrogen) atoms. The third-order valence-corrected chi connectivity index (χ3v) is 7.10. The van der Waals surface area contributed by atoms with E-state index in [4.69, 9.17) is 21.6 Å². The molecule has 1 aliphatic heterocycles. The van der Waals surface area contributed by atoms with Gasteiger partial charge in [-0.15, -0.1) is 11.3 Å². The molecule has 2 aromatic carbocycles. The average Bonchev–Trinajstić information content (AvgIpc) is 3.28. The van der Waals surface area contributed by atoms with E-state index in [1.165, 1.54) is 0 Å². The number of thiophene rings is 1. The molecule has 6 nitrogen and oxygen atoms in total.